The second-order valence-corrected chi connectivity index (χ2v) is 3.93. The third-order valence-corrected chi connectivity index (χ3v) is 2.54. The zero-order chi connectivity index (χ0) is 14.7. The highest BCUT2D eigenvalue weighted by Gasteiger charge is 2.16. The van der Waals surface area contributed by atoms with Gasteiger partial charge in [0.2, 0.25) is 0 Å². The van der Waals surface area contributed by atoms with Gasteiger partial charge in [-0.1, -0.05) is 6.07 Å². The zero-order valence-electron chi connectivity index (χ0n) is 10.0. The smallest absolute Gasteiger partial charge is 0.335 e. The Morgan fingerprint density at radius 1 is 1.25 bits per heavy atom. The van der Waals surface area contributed by atoms with E-state index in [-0.39, 0.29) is 22.6 Å². The number of nitro benzene ring substituents is 1. The van der Waals surface area contributed by atoms with Crippen LogP contribution in [0, 0.1) is 15.9 Å². The van der Waals surface area contributed by atoms with Crippen molar-refractivity contribution in [3.05, 3.63) is 64.0 Å². The molecule has 0 amide bonds. The monoisotopic (exact) mass is 276 g/mol. The van der Waals surface area contributed by atoms with Crippen LogP contribution in [0.5, 0.6) is 0 Å². The lowest BCUT2D eigenvalue weighted by molar-refractivity contribution is -0.383. The first-order valence-corrected chi connectivity index (χ1v) is 5.51. The average molecular weight is 276 g/mol. The Labute approximate surface area is 112 Å². The number of benzene rings is 2. The minimum atomic E-state index is -1.21. The van der Waals surface area contributed by atoms with Crippen LogP contribution in [0.4, 0.5) is 21.5 Å². The van der Waals surface area contributed by atoms with E-state index in [4.69, 9.17) is 5.11 Å². The van der Waals surface area contributed by atoms with E-state index < -0.39 is 16.7 Å². The number of carboxylic acids is 1. The van der Waals surface area contributed by atoms with E-state index in [1.165, 1.54) is 18.2 Å². The first-order chi connectivity index (χ1) is 9.47. The Hall–Kier alpha value is -2.96. The number of hydrogen-bond donors (Lipinski definition) is 2. The highest BCUT2D eigenvalue weighted by atomic mass is 19.1. The lowest BCUT2D eigenvalue weighted by Crippen LogP contribution is -2.02. The van der Waals surface area contributed by atoms with Crippen LogP contribution in [0.2, 0.25) is 0 Å². The number of carboxylic acid groups (broad SMARTS) is 1. The van der Waals surface area contributed by atoms with Crippen molar-refractivity contribution in [3.63, 3.8) is 0 Å². The number of halogens is 1. The molecule has 0 aliphatic carbocycles. The van der Waals surface area contributed by atoms with Crippen LogP contribution in [0.25, 0.3) is 0 Å². The lowest BCUT2D eigenvalue weighted by atomic mass is 10.1. The van der Waals surface area contributed by atoms with Crippen molar-refractivity contribution >= 4 is 23.0 Å². The number of hydrogen-bond acceptors (Lipinski definition) is 4. The van der Waals surface area contributed by atoms with Crippen molar-refractivity contribution in [2.75, 3.05) is 5.32 Å². The minimum absolute atomic E-state index is 0.0134. The topological polar surface area (TPSA) is 92.5 Å². The molecule has 0 heterocycles. The molecule has 0 radical (unpaired) electrons. The molecule has 0 bridgehead atoms. The van der Waals surface area contributed by atoms with Gasteiger partial charge in [-0.05, 0) is 30.3 Å². The van der Waals surface area contributed by atoms with E-state index >= 15 is 0 Å². The van der Waals surface area contributed by atoms with Gasteiger partial charge in [0, 0.05) is 11.8 Å². The van der Waals surface area contributed by atoms with Gasteiger partial charge in [-0.2, -0.15) is 0 Å². The summed E-state index contributed by atoms with van der Waals surface area (Å²) in [5, 5.41) is 22.4. The standard InChI is InChI=1S/C13H9FN2O4/c14-9-2-1-3-10(7-9)15-11-6-8(13(17)18)4-5-12(11)16(19)20/h1-7,15H,(H,17,18). The van der Waals surface area contributed by atoms with Crippen molar-refractivity contribution in [2.24, 2.45) is 0 Å². The van der Waals surface area contributed by atoms with Crippen molar-refractivity contribution in [1.82, 2.24) is 0 Å². The van der Waals surface area contributed by atoms with E-state index in [2.05, 4.69) is 5.32 Å². The van der Waals surface area contributed by atoms with Gasteiger partial charge in [0.1, 0.15) is 11.5 Å². The molecule has 2 N–H and O–H groups in total. The molecule has 2 rings (SSSR count). The minimum Gasteiger partial charge on any atom is -0.478 e. The summed E-state index contributed by atoms with van der Waals surface area (Å²) in [4.78, 5) is 21.1. The predicted molar refractivity (Wildman–Crippen MR) is 69.7 cm³/mol. The van der Waals surface area contributed by atoms with E-state index in [1.807, 2.05) is 0 Å². The highest BCUT2D eigenvalue weighted by molar-refractivity contribution is 5.90. The summed E-state index contributed by atoms with van der Waals surface area (Å²) in [6, 6.07) is 8.68. The fourth-order valence-electron chi connectivity index (χ4n) is 1.65. The molecule has 0 spiro atoms. The van der Waals surface area contributed by atoms with Gasteiger partial charge in [0.25, 0.3) is 5.69 Å². The number of rotatable bonds is 4. The predicted octanol–water partition coefficient (Wildman–Crippen LogP) is 3.18. The van der Waals surface area contributed by atoms with Gasteiger partial charge in [-0.3, -0.25) is 10.1 Å². The largest absolute Gasteiger partial charge is 0.478 e. The van der Waals surface area contributed by atoms with Crippen LogP contribution in [0.3, 0.4) is 0 Å². The fraction of sp³-hybridized carbons (Fsp3) is 0. The molecule has 2 aromatic carbocycles. The molecule has 0 atom stereocenters. The molecule has 0 aromatic heterocycles. The van der Waals surface area contributed by atoms with Crippen LogP contribution in [0.1, 0.15) is 10.4 Å². The molecular weight excluding hydrogens is 267 g/mol. The van der Waals surface area contributed by atoms with Crippen LogP contribution in [0.15, 0.2) is 42.5 Å². The Bertz CT molecular complexity index is 688. The van der Waals surface area contributed by atoms with Crippen molar-refractivity contribution in [1.29, 1.82) is 0 Å². The third-order valence-electron chi connectivity index (χ3n) is 2.54. The molecule has 0 aliphatic heterocycles. The SMILES string of the molecule is O=C(O)c1ccc([N+](=O)[O-])c(Nc2cccc(F)c2)c1. The quantitative estimate of drug-likeness (QED) is 0.660. The summed E-state index contributed by atoms with van der Waals surface area (Å²) >= 11 is 0. The normalized spacial score (nSPS) is 10.1. The lowest BCUT2D eigenvalue weighted by Gasteiger charge is -2.08. The van der Waals surface area contributed by atoms with Crippen LogP contribution in [-0.2, 0) is 0 Å². The zero-order valence-corrected chi connectivity index (χ0v) is 10.0. The molecular formula is C13H9FN2O4. The molecule has 102 valence electrons. The summed E-state index contributed by atoms with van der Waals surface area (Å²) < 4.78 is 13.1. The Kier molecular flexibility index (Phi) is 3.60. The molecule has 0 saturated heterocycles. The summed E-state index contributed by atoms with van der Waals surface area (Å²) in [5.74, 6) is -1.71. The van der Waals surface area contributed by atoms with Crippen molar-refractivity contribution < 1.29 is 19.2 Å². The number of nitrogens with one attached hydrogen (secondary N) is 1. The maximum atomic E-state index is 13.1. The Balaban J connectivity index is 2.44. The summed E-state index contributed by atoms with van der Waals surface area (Å²) in [6.07, 6.45) is 0. The second kappa shape index (κ2) is 5.35. The number of anilines is 2. The Morgan fingerprint density at radius 2 is 2.00 bits per heavy atom. The first kappa shape index (κ1) is 13.5. The Morgan fingerprint density at radius 3 is 2.60 bits per heavy atom. The molecule has 0 saturated carbocycles. The van der Waals surface area contributed by atoms with Gasteiger partial charge in [0.15, 0.2) is 0 Å². The second-order valence-electron chi connectivity index (χ2n) is 3.93. The molecule has 0 fully saturated rings. The highest BCUT2D eigenvalue weighted by Crippen LogP contribution is 2.28. The summed E-state index contributed by atoms with van der Waals surface area (Å²) in [5.41, 5.74) is -0.120. The maximum absolute atomic E-state index is 13.1. The van der Waals surface area contributed by atoms with Gasteiger partial charge < -0.3 is 10.4 Å². The van der Waals surface area contributed by atoms with Crippen molar-refractivity contribution in [3.8, 4) is 0 Å². The van der Waals surface area contributed by atoms with Crippen LogP contribution in [-0.4, -0.2) is 16.0 Å². The van der Waals surface area contributed by atoms with Gasteiger partial charge in [0.05, 0.1) is 10.5 Å². The van der Waals surface area contributed by atoms with E-state index in [1.54, 1.807) is 0 Å². The molecule has 0 unspecified atom stereocenters. The van der Waals surface area contributed by atoms with Gasteiger partial charge in [-0.15, -0.1) is 0 Å². The van der Waals surface area contributed by atoms with E-state index in [9.17, 15) is 19.3 Å². The van der Waals surface area contributed by atoms with Crippen molar-refractivity contribution in [2.45, 2.75) is 0 Å². The van der Waals surface area contributed by atoms with Crippen LogP contribution >= 0.6 is 0 Å². The van der Waals surface area contributed by atoms with Crippen LogP contribution < -0.4 is 5.32 Å². The van der Waals surface area contributed by atoms with E-state index in [0.717, 1.165) is 24.3 Å². The third kappa shape index (κ3) is 2.89. The fourth-order valence-corrected chi connectivity index (χ4v) is 1.65. The number of aromatic carboxylic acids is 1. The molecule has 7 heteroatoms. The van der Waals surface area contributed by atoms with Gasteiger partial charge >= 0.3 is 5.97 Å². The first-order valence-electron chi connectivity index (χ1n) is 5.51. The molecule has 20 heavy (non-hydrogen) atoms. The number of carbonyl (C=O) groups is 1. The summed E-state index contributed by atoms with van der Waals surface area (Å²) in [7, 11) is 0. The molecule has 0 aliphatic rings. The number of nitrogens with zero attached hydrogens (tertiary/aromatic N) is 1. The summed E-state index contributed by atoms with van der Waals surface area (Å²) in [6.45, 7) is 0. The average Bonchev–Trinajstić information content (AvgIpc) is 2.38. The van der Waals surface area contributed by atoms with Gasteiger partial charge in [-0.25, -0.2) is 9.18 Å². The molecule has 2 aromatic rings. The maximum Gasteiger partial charge on any atom is 0.335 e. The number of nitro groups is 1. The molecule has 6 nitrogen and oxygen atoms in total. The van der Waals surface area contributed by atoms with E-state index in [0.29, 0.717) is 0 Å².